The van der Waals surface area contributed by atoms with Crippen LogP contribution in [-0.2, 0) is 24.3 Å². The SMILES string of the molecule is CC(Cc1ccco1)NC(=O)C1CCN(Cc2cc3ccccc3n2Cc2cccc(Cl)c2)CC1. The summed E-state index contributed by atoms with van der Waals surface area (Å²) in [5.74, 6) is 1.14. The van der Waals surface area contributed by atoms with E-state index in [4.69, 9.17) is 16.0 Å². The van der Waals surface area contributed by atoms with Crippen molar-refractivity contribution in [2.45, 2.75) is 45.3 Å². The number of carbonyl (C=O) groups excluding carboxylic acids is 1. The highest BCUT2D eigenvalue weighted by atomic mass is 35.5. The summed E-state index contributed by atoms with van der Waals surface area (Å²) < 4.78 is 7.81. The molecule has 1 fully saturated rings. The van der Waals surface area contributed by atoms with Crippen molar-refractivity contribution in [1.82, 2.24) is 14.8 Å². The van der Waals surface area contributed by atoms with E-state index < -0.39 is 0 Å². The van der Waals surface area contributed by atoms with Gasteiger partial charge < -0.3 is 14.3 Å². The average molecular weight is 490 g/mol. The first-order valence-electron chi connectivity index (χ1n) is 12.4. The van der Waals surface area contributed by atoms with Crippen molar-refractivity contribution in [3.05, 3.63) is 95.0 Å². The van der Waals surface area contributed by atoms with E-state index in [1.165, 1.54) is 22.2 Å². The number of rotatable bonds is 8. The molecule has 182 valence electrons. The summed E-state index contributed by atoms with van der Waals surface area (Å²) in [6, 6.07) is 22.8. The van der Waals surface area contributed by atoms with Gasteiger partial charge in [0.25, 0.3) is 0 Å². The first-order chi connectivity index (χ1) is 17.0. The van der Waals surface area contributed by atoms with Crippen LogP contribution in [0.4, 0.5) is 0 Å². The fourth-order valence-electron chi connectivity index (χ4n) is 5.13. The smallest absolute Gasteiger partial charge is 0.223 e. The number of furan rings is 1. The summed E-state index contributed by atoms with van der Waals surface area (Å²) in [4.78, 5) is 15.3. The number of halogens is 1. The van der Waals surface area contributed by atoms with Gasteiger partial charge >= 0.3 is 0 Å². The van der Waals surface area contributed by atoms with Gasteiger partial charge in [0, 0.05) is 47.7 Å². The molecular formula is C29H32ClN3O2. The molecule has 1 saturated heterocycles. The molecule has 0 aliphatic carbocycles. The first kappa shape index (κ1) is 23.7. The largest absolute Gasteiger partial charge is 0.469 e. The van der Waals surface area contributed by atoms with E-state index in [1.807, 2.05) is 37.3 Å². The number of nitrogens with one attached hydrogen (secondary N) is 1. The van der Waals surface area contributed by atoms with Crippen LogP contribution in [0, 0.1) is 5.92 Å². The third-order valence-corrected chi connectivity index (χ3v) is 7.18. The van der Waals surface area contributed by atoms with Gasteiger partial charge in [-0.1, -0.05) is 41.9 Å². The molecule has 5 rings (SSSR count). The molecule has 1 N–H and O–H groups in total. The average Bonchev–Trinajstić information content (AvgIpc) is 3.47. The Balaban J connectivity index is 1.21. The number of carbonyl (C=O) groups is 1. The Bertz CT molecular complexity index is 1270. The second-order valence-corrected chi connectivity index (χ2v) is 10.1. The Hall–Kier alpha value is -3.02. The van der Waals surface area contributed by atoms with Gasteiger partial charge in [-0.2, -0.15) is 0 Å². The molecule has 1 unspecified atom stereocenters. The Morgan fingerprint density at radius 3 is 2.66 bits per heavy atom. The van der Waals surface area contributed by atoms with Gasteiger partial charge in [-0.15, -0.1) is 0 Å². The van der Waals surface area contributed by atoms with Crippen molar-refractivity contribution < 1.29 is 9.21 Å². The minimum Gasteiger partial charge on any atom is -0.469 e. The number of likely N-dealkylation sites (tertiary alicyclic amines) is 1. The van der Waals surface area contributed by atoms with E-state index in [1.54, 1.807) is 6.26 Å². The second kappa shape index (κ2) is 10.7. The Morgan fingerprint density at radius 1 is 1.06 bits per heavy atom. The number of amides is 1. The molecule has 2 aromatic carbocycles. The first-order valence-corrected chi connectivity index (χ1v) is 12.8. The van der Waals surface area contributed by atoms with E-state index in [9.17, 15) is 4.79 Å². The number of hydrogen-bond acceptors (Lipinski definition) is 3. The normalized spacial score (nSPS) is 15.9. The molecule has 1 aliphatic heterocycles. The van der Waals surface area contributed by atoms with Gasteiger partial charge in [-0.3, -0.25) is 9.69 Å². The number of benzene rings is 2. The van der Waals surface area contributed by atoms with Crippen LogP contribution in [0.25, 0.3) is 10.9 Å². The zero-order valence-electron chi connectivity index (χ0n) is 20.1. The van der Waals surface area contributed by atoms with Gasteiger partial charge in [0.2, 0.25) is 5.91 Å². The molecule has 35 heavy (non-hydrogen) atoms. The molecule has 0 spiro atoms. The van der Waals surface area contributed by atoms with Crippen LogP contribution in [0.1, 0.15) is 36.8 Å². The fraction of sp³-hybridized carbons (Fsp3) is 0.345. The fourth-order valence-corrected chi connectivity index (χ4v) is 5.34. The lowest BCUT2D eigenvalue weighted by Crippen LogP contribution is -2.43. The molecule has 1 atom stereocenters. The van der Waals surface area contributed by atoms with E-state index in [2.05, 4.69) is 51.2 Å². The predicted molar refractivity (Wildman–Crippen MR) is 141 cm³/mol. The number of nitrogens with zero attached hydrogens (tertiary/aromatic N) is 2. The maximum atomic E-state index is 12.8. The van der Waals surface area contributed by atoms with Crippen LogP contribution in [0.3, 0.4) is 0 Å². The Morgan fingerprint density at radius 2 is 1.89 bits per heavy atom. The number of para-hydroxylation sites is 1. The van der Waals surface area contributed by atoms with Crippen molar-refractivity contribution in [1.29, 1.82) is 0 Å². The Kier molecular flexibility index (Phi) is 7.26. The van der Waals surface area contributed by atoms with Crippen molar-refractivity contribution in [3.8, 4) is 0 Å². The quantitative estimate of drug-likeness (QED) is 0.335. The second-order valence-electron chi connectivity index (χ2n) is 9.65. The molecule has 1 aliphatic rings. The molecule has 0 bridgehead atoms. The molecule has 2 aromatic heterocycles. The van der Waals surface area contributed by atoms with Crippen molar-refractivity contribution >= 4 is 28.4 Å². The van der Waals surface area contributed by atoms with E-state index in [0.717, 1.165) is 56.2 Å². The van der Waals surface area contributed by atoms with E-state index in [-0.39, 0.29) is 17.9 Å². The maximum Gasteiger partial charge on any atom is 0.223 e. The molecule has 6 heteroatoms. The third-order valence-electron chi connectivity index (χ3n) is 6.95. The number of hydrogen-bond donors (Lipinski definition) is 1. The topological polar surface area (TPSA) is 50.4 Å². The van der Waals surface area contributed by atoms with Crippen LogP contribution in [0.5, 0.6) is 0 Å². The summed E-state index contributed by atoms with van der Waals surface area (Å²) in [6.07, 6.45) is 4.16. The summed E-state index contributed by atoms with van der Waals surface area (Å²) in [5, 5.41) is 5.20. The van der Waals surface area contributed by atoms with Crippen LogP contribution in [-0.4, -0.2) is 34.5 Å². The monoisotopic (exact) mass is 489 g/mol. The predicted octanol–water partition coefficient (Wildman–Crippen LogP) is 5.90. The van der Waals surface area contributed by atoms with Crippen LogP contribution < -0.4 is 5.32 Å². The van der Waals surface area contributed by atoms with E-state index in [0.29, 0.717) is 0 Å². The van der Waals surface area contributed by atoms with Crippen molar-refractivity contribution in [2.75, 3.05) is 13.1 Å². The van der Waals surface area contributed by atoms with E-state index >= 15 is 0 Å². The van der Waals surface area contributed by atoms with Crippen LogP contribution in [0.2, 0.25) is 5.02 Å². The highest BCUT2D eigenvalue weighted by Crippen LogP contribution is 2.25. The van der Waals surface area contributed by atoms with Gasteiger partial charge in [0.15, 0.2) is 0 Å². The lowest BCUT2D eigenvalue weighted by atomic mass is 9.95. The zero-order valence-corrected chi connectivity index (χ0v) is 20.9. The zero-order chi connectivity index (χ0) is 24.2. The highest BCUT2D eigenvalue weighted by Gasteiger charge is 2.26. The van der Waals surface area contributed by atoms with Gasteiger partial charge in [0.1, 0.15) is 5.76 Å². The molecule has 0 radical (unpaired) electrons. The summed E-state index contributed by atoms with van der Waals surface area (Å²) in [7, 11) is 0. The maximum absolute atomic E-state index is 12.8. The minimum absolute atomic E-state index is 0.0638. The molecule has 5 nitrogen and oxygen atoms in total. The molecule has 3 heterocycles. The lowest BCUT2D eigenvalue weighted by molar-refractivity contribution is -0.127. The highest BCUT2D eigenvalue weighted by molar-refractivity contribution is 6.30. The molecule has 1 amide bonds. The van der Waals surface area contributed by atoms with Crippen molar-refractivity contribution in [2.24, 2.45) is 5.92 Å². The van der Waals surface area contributed by atoms with Crippen LogP contribution in [0.15, 0.2) is 77.4 Å². The molecule has 4 aromatic rings. The van der Waals surface area contributed by atoms with Gasteiger partial charge in [0.05, 0.1) is 6.26 Å². The minimum atomic E-state index is 0.0638. The third kappa shape index (κ3) is 5.80. The number of aromatic nitrogens is 1. The van der Waals surface area contributed by atoms with Crippen LogP contribution >= 0.6 is 11.6 Å². The van der Waals surface area contributed by atoms with Gasteiger partial charge in [-0.25, -0.2) is 0 Å². The molecular weight excluding hydrogens is 458 g/mol. The number of piperidine rings is 1. The molecule has 0 saturated carbocycles. The summed E-state index contributed by atoms with van der Waals surface area (Å²) >= 11 is 6.25. The lowest BCUT2D eigenvalue weighted by Gasteiger charge is -2.32. The standard InChI is InChI=1S/C29H32ClN3O2/c1-21(16-27-9-5-15-35-27)31-29(34)23-11-13-32(14-12-23)20-26-18-24-7-2-3-10-28(24)33(26)19-22-6-4-8-25(30)17-22/h2-10,15,17-18,21,23H,11-14,16,19-20H2,1H3,(H,31,34). The summed E-state index contributed by atoms with van der Waals surface area (Å²) in [5.41, 5.74) is 3.72. The summed E-state index contributed by atoms with van der Waals surface area (Å²) in [6.45, 7) is 5.54. The van der Waals surface area contributed by atoms with Gasteiger partial charge in [-0.05, 0) is 80.2 Å². The van der Waals surface area contributed by atoms with Crippen molar-refractivity contribution in [3.63, 3.8) is 0 Å². The number of fused-ring (bicyclic) bond motifs is 1. The Labute approximate surface area is 211 Å².